The molecule has 8 heteroatoms. The van der Waals surface area contributed by atoms with Crippen molar-refractivity contribution in [3.63, 3.8) is 0 Å². The van der Waals surface area contributed by atoms with Gasteiger partial charge in [0.25, 0.3) is 11.5 Å². The van der Waals surface area contributed by atoms with E-state index in [2.05, 4.69) is 16.0 Å². The fraction of sp³-hybridized carbons (Fsp3) is 0.263. The van der Waals surface area contributed by atoms with E-state index >= 15 is 0 Å². The second-order valence-corrected chi connectivity index (χ2v) is 6.91. The fourth-order valence-corrected chi connectivity index (χ4v) is 3.53. The predicted octanol–water partition coefficient (Wildman–Crippen LogP) is 1.20. The van der Waals surface area contributed by atoms with Gasteiger partial charge in [0.2, 0.25) is 0 Å². The number of carbonyl (C=O) groups is 1. The summed E-state index contributed by atoms with van der Waals surface area (Å²) in [6.45, 7) is 4.68. The van der Waals surface area contributed by atoms with Crippen molar-refractivity contribution < 1.29 is 4.79 Å². The van der Waals surface area contributed by atoms with Gasteiger partial charge in [-0.1, -0.05) is 11.6 Å². The van der Waals surface area contributed by atoms with Crippen molar-refractivity contribution in [1.82, 2.24) is 19.4 Å². The highest BCUT2D eigenvalue weighted by atomic mass is 16.2. The Labute approximate surface area is 153 Å². The molecule has 3 aromatic rings. The first-order valence-electron chi connectivity index (χ1n) is 8.52. The minimum atomic E-state index is -0.699. The summed E-state index contributed by atoms with van der Waals surface area (Å²) in [5, 5.41) is 9.94. The van der Waals surface area contributed by atoms with E-state index in [0.29, 0.717) is 18.8 Å². The first-order chi connectivity index (χ1) is 12.9. The van der Waals surface area contributed by atoms with Crippen molar-refractivity contribution in [2.75, 3.05) is 13.1 Å². The Balaban J connectivity index is 1.56. The van der Waals surface area contributed by atoms with Crippen LogP contribution in [0, 0.1) is 25.2 Å². The summed E-state index contributed by atoms with van der Waals surface area (Å²) < 4.78 is 1.31. The summed E-state index contributed by atoms with van der Waals surface area (Å²) >= 11 is 0. The van der Waals surface area contributed by atoms with Crippen LogP contribution in [0.5, 0.6) is 0 Å². The average Bonchev–Trinajstić information content (AvgIpc) is 2.99. The van der Waals surface area contributed by atoms with Gasteiger partial charge in [-0.2, -0.15) is 5.26 Å². The minimum Gasteiger partial charge on any atom is -0.350 e. The van der Waals surface area contributed by atoms with Crippen LogP contribution in [0.4, 0.5) is 0 Å². The number of hydrogen-bond acceptors (Lipinski definition) is 4. The molecule has 2 aromatic heterocycles. The number of H-pyrrole nitrogens is 2. The van der Waals surface area contributed by atoms with Gasteiger partial charge in [-0.25, -0.2) is 4.79 Å². The van der Waals surface area contributed by atoms with Crippen LogP contribution in [0.2, 0.25) is 0 Å². The van der Waals surface area contributed by atoms with E-state index in [0.717, 1.165) is 22.0 Å². The van der Waals surface area contributed by atoms with Crippen molar-refractivity contribution in [2.24, 2.45) is 0 Å². The van der Waals surface area contributed by atoms with Gasteiger partial charge in [0.1, 0.15) is 17.3 Å². The lowest BCUT2D eigenvalue weighted by molar-refractivity contribution is 0.0508. The van der Waals surface area contributed by atoms with Crippen molar-refractivity contribution in [2.45, 2.75) is 19.9 Å². The maximum absolute atomic E-state index is 12.7. The zero-order chi connectivity index (χ0) is 19.3. The Bertz CT molecular complexity index is 1230. The molecule has 0 saturated carbocycles. The highest BCUT2D eigenvalue weighted by Crippen LogP contribution is 2.25. The molecule has 0 unspecified atom stereocenters. The number of benzene rings is 1. The normalized spacial score (nSPS) is 14.2. The van der Waals surface area contributed by atoms with Gasteiger partial charge >= 0.3 is 5.69 Å². The van der Waals surface area contributed by atoms with Crippen LogP contribution >= 0.6 is 0 Å². The summed E-state index contributed by atoms with van der Waals surface area (Å²) in [4.78, 5) is 43.1. The van der Waals surface area contributed by atoms with Gasteiger partial charge in [-0.3, -0.25) is 19.1 Å². The number of nitrogens with one attached hydrogen (secondary N) is 2. The topological polar surface area (TPSA) is 115 Å². The molecular formula is C19H17N5O3. The molecule has 1 aliphatic rings. The van der Waals surface area contributed by atoms with Crippen LogP contribution in [0.15, 0.2) is 34.0 Å². The Kier molecular flexibility index (Phi) is 3.73. The Morgan fingerprint density at radius 1 is 1.19 bits per heavy atom. The SMILES string of the molecule is Cc1cc(C)c2[nH]c(C(=O)N3CC(n4cc(C#N)c(=O)[nH]c4=O)C3)cc2c1. The number of nitrogens with zero attached hydrogens (tertiary/aromatic N) is 3. The zero-order valence-corrected chi connectivity index (χ0v) is 14.9. The number of likely N-dealkylation sites (tertiary alicyclic amines) is 1. The molecule has 27 heavy (non-hydrogen) atoms. The molecule has 1 aliphatic heterocycles. The van der Waals surface area contributed by atoms with Crippen LogP contribution in [0.3, 0.4) is 0 Å². The number of amides is 1. The van der Waals surface area contributed by atoms with E-state index in [9.17, 15) is 14.4 Å². The molecule has 1 saturated heterocycles. The van der Waals surface area contributed by atoms with Gasteiger partial charge in [0.05, 0.1) is 6.04 Å². The van der Waals surface area contributed by atoms with E-state index in [4.69, 9.17) is 5.26 Å². The standard InChI is InChI=1S/C19H17N5O3/c1-10-3-11(2)16-12(4-10)5-15(21-16)18(26)23-8-14(9-23)24-7-13(6-20)17(25)22-19(24)27/h3-5,7,14,21H,8-9H2,1-2H3,(H,22,25,27). The number of aromatic nitrogens is 3. The summed E-state index contributed by atoms with van der Waals surface area (Å²) in [6.07, 6.45) is 1.25. The van der Waals surface area contributed by atoms with Crippen LogP contribution in [0.1, 0.15) is 33.2 Å². The fourth-order valence-electron chi connectivity index (χ4n) is 3.53. The Morgan fingerprint density at radius 2 is 1.93 bits per heavy atom. The number of aromatic amines is 2. The zero-order valence-electron chi connectivity index (χ0n) is 14.9. The molecule has 0 atom stereocenters. The number of hydrogen-bond donors (Lipinski definition) is 2. The predicted molar refractivity (Wildman–Crippen MR) is 98.8 cm³/mol. The van der Waals surface area contributed by atoms with E-state index in [1.54, 1.807) is 11.0 Å². The number of nitriles is 1. The largest absolute Gasteiger partial charge is 0.350 e. The molecule has 1 fully saturated rings. The summed E-state index contributed by atoms with van der Waals surface area (Å²) in [7, 11) is 0. The second kappa shape index (κ2) is 5.99. The van der Waals surface area contributed by atoms with Crippen molar-refractivity contribution in [1.29, 1.82) is 5.26 Å². The average molecular weight is 363 g/mol. The third kappa shape index (κ3) is 2.73. The molecule has 136 valence electrons. The van der Waals surface area contributed by atoms with Gasteiger partial charge in [-0.05, 0) is 31.5 Å². The highest BCUT2D eigenvalue weighted by Gasteiger charge is 2.34. The molecule has 0 aliphatic carbocycles. The highest BCUT2D eigenvalue weighted by molar-refractivity contribution is 5.99. The third-order valence-electron chi connectivity index (χ3n) is 4.93. The Morgan fingerprint density at radius 3 is 2.63 bits per heavy atom. The van der Waals surface area contributed by atoms with E-state index in [1.807, 2.05) is 26.0 Å². The number of aryl methyl sites for hydroxylation is 2. The van der Waals surface area contributed by atoms with Crippen LogP contribution in [-0.2, 0) is 0 Å². The van der Waals surface area contributed by atoms with Crippen molar-refractivity contribution in [3.8, 4) is 6.07 Å². The molecule has 1 aromatic carbocycles. The smallest absolute Gasteiger partial charge is 0.328 e. The molecule has 3 heterocycles. The quantitative estimate of drug-likeness (QED) is 0.712. The maximum atomic E-state index is 12.7. The second-order valence-electron chi connectivity index (χ2n) is 6.91. The van der Waals surface area contributed by atoms with Crippen molar-refractivity contribution >= 4 is 16.8 Å². The van der Waals surface area contributed by atoms with Gasteiger partial charge in [-0.15, -0.1) is 0 Å². The minimum absolute atomic E-state index is 0.124. The first-order valence-corrected chi connectivity index (χ1v) is 8.52. The number of fused-ring (bicyclic) bond motifs is 1. The first kappa shape index (κ1) is 16.8. The van der Waals surface area contributed by atoms with E-state index in [1.165, 1.54) is 10.8 Å². The van der Waals surface area contributed by atoms with Crippen LogP contribution in [0.25, 0.3) is 10.9 Å². The molecule has 1 amide bonds. The summed E-state index contributed by atoms with van der Waals surface area (Å²) in [6, 6.07) is 7.42. The molecule has 2 N–H and O–H groups in total. The molecule has 0 bridgehead atoms. The van der Waals surface area contributed by atoms with E-state index in [-0.39, 0.29) is 17.5 Å². The maximum Gasteiger partial charge on any atom is 0.328 e. The van der Waals surface area contributed by atoms with Gasteiger partial charge in [0, 0.05) is 30.2 Å². The van der Waals surface area contributed by atoms with Gasteiger partial charge in [0.15, 0.2) is 0 Å². The molecular weight excluding hydrogens is 346 g/mol. The van der Waals surface area contributed by atoms with Crippen LogP contribution < -0.4 is 11.2 Å². The monoisotopic (exact) mass is 363 g/mol. The number of carbonyl (C=O) groups excluding carboxylic acids is 1. The summed E-state index contributed by atoms with van der Waals surface area (Å²) in [5.74, 6) is -0.141. The lowest BCUT2D eigenvalue weighted by Gasteiger charge is -2.39. The molecule has 0 spiro atoms. The number of rotatable bonds is 2. The van der Waals surface area contributed by atoms with Crippen LogP contribution in [-0.4, -0.2) is 38.4 Å². The lowest BCUT2D eigenvalue weighted by Crippen LogP contribution is -2.53. The Hall–Kier alpha value is -3.60. The lowest BCUT2D eigenvalue weighted by atomic mass is 10.1. The van der Waals surface area contributed by atoms with E-state index < -0.39 is 11.2 Å². The van der Waals surface area contributed by atoms with Gasteiger partial charge < -0.3 is 9.88 Å². The van der Waals surface area contributed by atoms with Crippen molar-refractivity contribution in [3.05, 3.63) is 67.6 Å². The third-order valence-corrected chi connectivity index (χ3v) is 4.93. The summed E-state index contributed by atoms with van der Waals surface area (Å²) in [5.41, 5.74) is 2.26. The molecule has 0 radical (unpaired) electrons. The molecule has 4 rings (SSSR count). The molecule has 8 nitrogen and oxygen atoms in total.